The van der Waals surface area contributed by atoms with Crippen molar-refractivity contribution in [2.45, 2.75) is 24.8 Å². The molecule has 0 saturated carbocycles. The molecule has 3 aliphatic carbocycles. The van der Waals surface area contributed by atoms with E-state index in [4.69, 9.17) is 0 Å². The van der Waals surface area contributed by atoms with Crippen molar-refractivity contribution in [1.29, 1.82) is 0 Å². The first kappa shape index (κ1) is 30.9. The molecular formula is C50H40BN. The third kappa shape index (κ3) is 3.95. The number of benzene rings is 6. The number of nitrogens with zero attached hydrogens (tertiary/aromatic N) is 1. The van der Waals surface area contributed by atoms with Gasteiger partial charge in [-0.3, -0.25) is 0 Å². The molecule has 1 spiro atoms. The minimum atomic E-state index is -0.484. The molecular weight excluding hydrogens is 625 g/mol. The predicted molar refractivity (Wildman–Crippen MR) is 220 cm³/mol. The molecule has 0 radical (unpaired) electrons. The second kappa shape index (κ2) is 11.3. The summed E-state index contributed by atoms with van der Waals surface area (Å²) in [6.07, 6.45) is 10.2. The first-order valence-corrected chi connectivity index (χ1v) is 18.6. The van der Waals surface area contributed by atoms with Crippen molar-refractivity contribution < 1.29 is 0 Å². The van der Waals surface area contributed by atoms with E-state index in [9.17, 15) is 0 Å². The number of fused-ring (bicyclic) bond motifs is 5. The molecule has 1 heterocycles. The van der Waals surface area contributed by atoms with Crippen LogP contribution in [0.25, 0.3) is 22.3 Å². The van der Waals surface area contributed by atoms with Gasteiger partial charge in [0, 0.05) is 22.4 Å². The molecule has 0 aromatic heterocycles. The Bertz CT molecular complexity index is 2450. The van der Waals surface area contributed by atoms with E-state index in [2.05, 4.69) is 215 Å². The number of hydrogen-bond acceptors (Lipinski definition) is 1. The number of para-hydroxylation sites is 1. The zero-order valence-electron chi connectivity index (χ0n) is 29.9. The van der Waals surface area contributed by atoms with Crippen molar-refractivity contribution in [3.63, 3.8) is 0 Å². The molecule has 0 bridgehead atoms. The first-order valence-electron chi connectivity index (χ1n) is 18.6. The van der Waals surface area contributed by atoms with Gasteiger partial charge in [0.1, 0.15) is 7.85 Å². The van der Waals surface area contributed by atoms with Crippen LogP contribution in [0.1, 0.15) is 41.7 Å². The van der Waals surface area contributed by atoms with E-state index in [1.807, 2.05) is 0 Å². The predicted octanol–water partition coefficient (Wildman–Crippen LogP) is 11.2. The quantitative estimate of drug-likeness (QED) is 0.169. The highest BCUT2D eigenvalue weighted by Crippen LogP contribution is 2.70. The smallest absolute Gasteiger partial charge is 0.134 e. The van der Waals surface area contributed by atoms with Gasteiger partial charge >= 0.3 is 0 Å². The number of rotatable bonds is 4. The minimum absolute atomic E-state index is 0.248. The molecule has 4 aliphatic rings. The lowest BCUT2D eigenvalue weighted by Crippen LogP contribution is -2.62. The molecule has 0 amide bonds. The fraction of sp³-hybridized carbons (Fsp3) is 0.120. The van der Waals surface area contributed by atoms with Gasteiger partial charge in [-0.05, 0) is 81.1 Å². The summed E-state index contributed by atoms with van der Waals surface area (Å²) >= 11 is 0. The highest BCUT2D eigenvalue weighted by atomic mass is 15.2. The fourth-order valence-corrected chi connectivity index (χ4v) is 10.4. The van der Waals surface area contributed by atoms with Crippen molar-refractivity contribution in [2.75, 3.05) is 4.90 Å². The van der Waals surface area contributed by atoms with Crippen molar-refractivity contribution in [3.05, 3.63) is 227 Å². The van der Waals surface area contributed by atoms with Crippen molar-refractivity contribution in [2.24, 2.45) is 11.3 Å². The molecule has 52 heavy (non-hydrogen) atoms. The van der Waals surface area contributed by atoms with Crippen LogP contribution in [0, 0.1) is 11.3 Å². The van der Waals surface area contributed by atoms with Gasteiger partial charge in [-0.2, -0.15) is 0 Å². The molecule has 0 fully saturated rings. The van der Waals surface area contributed by atoms with Crippen LogP contribution in [0.2, 0.25) is 0 Å². The normalized spacial score (nSPS) is 23.4. The van der Waals surface area contributed by atoms with Crippen molar-refractivity contribution in [1.82, 2.24) is 0 Å². The summed E-state index contributed by atoms with van der Waals surface area (Å²) in [4.78, 5) is 2.67. The summed E-state index contributed by atoms with van der Waals surface area (Å²) < 4.78 is 0. The van der Waals surface area contributed by atoms with Crippen LogP contribution in [0.5, 0.6) is 0 Å². The summed E-state index contributed by atoms with van der Waals surface area (Å²) in [6, 6.07) is 60.6. The van der Waals surface area contributed by atoms with Gasteiger partial charge in [-0.15, -0.1) is 5.47 Å². The Balaban J connectivity index is 1.32. The van der Waals surface area contributed by atoms with Crippen molar-refractivity contribution >= 4 is 30.4 Å². The van der Waals surface area contributed by atoms with E-state index >= 15 is 0 Å². The lowest BCUT2D eigenvalue weighted by atomic mass is 9.47. The van der Waals surface area contributed by atoms with Gasteiger partial charge in [0.15, 0.2) is 0 Å². The molecule has 0 N–H and O–H groups in total. The van der Waals surface area contributed by atoms with E-state index in [1.165, 1.54) is 72.5 Å². The lowest BCUT2D eigenvalue weighted by molar-refractivity contribution is 0.249. The van der Waals surface area contributed by atoms with Gasteiger partial charge in [0.05, 0.1) is 11.0 Å². The molecule has 1 aliphatic heterocycles. The zero-order valence-corrected chi connectivity index (χ0v) is 29.9. The minimum Gasteiger partial charge on any atom is -0.330 e. The SMILES string of the molecule is BC1=CC=C2c3ccccc3N(c3ccc(-c4ccccc4)cc3)C3(C)C=C4C(=CC23C1C)c1ccccc1C4(c1ccccc1)c1ccccc1. The maximum absolute atomic E-state index is 2.71. The maximum Gasteiger partial charge on any atom is 0.134 e. The molecule has 2 heteroatoms. The molecule has 0 saturated heterocycles. The zero-order chi connectivity index (χ0) is 35.1. The monoisotopic (exact) mass is 665 g/mol. The Hall–Kier alpha value is -5.86. The third-order valence-electron chi connectivity index (χ3n) is 12.8. The molecule has 1 nitrogen and oxygen atoms in total. The van der Waals surface area contributed by atoms with E-state index in [-0.39, 0.29) is 11.3 Å². The Labute approximate surface area is 308 Å². The first-order chi connectivity index (χ1) is 25.5. The van der Waals surface area contributed by atoms with Crippen LogP contribution in [0.4, 0.5) is 11.4 Å². The second-order valence-corrected chi connectivity index (χ2v) is 15.1. The molecule has 3 atom stereocenters. The largest absolute Gasteiger partial charge is 0.330 e. The van der Waals surface area contributed by atoms with Crippen molar-refractivity contribution in [3.8, 4) is 11.1 Å². The number of hydrogen-bond donors (Lipinski definition) is 0. The molecule has 3 unspecified atom stereocenters. The van der Waals surface area contributed by atoms with Gasteiger partial charge in [0.2, 0.25) is 0 Å². The van der Waals surface area contributed by atoms with Crippen LogP contribution in [-0.2, 0) is 5.41 Å². The van der Waals surface area contributed by atoms with Crippen LogP contribution in [0.15, 0.2) is 199 Å². The summed E-state index contributed by atoms with van der Waals surface area (Å²) in [5, 5.41) is 0. The Kier molecular flexibility index (Phi) is 6.73. The van der Waals surface area contributed by atoms with Gasteiger partial charge in [0.25, 0.3) is 0 Å². The topological polar surface area (TPSA) is 3.24 Å². The summed E-state index contributed by atoms with van der Waals surface area (Å²) in [6.45, 7) is 4.97. The van der Waals surface area contributed by atoms with Crippen LogP contribution in [-0.4, -0.2) is 13.4 Å². The van der Waals surface area contributed by atoms with Crippen LogP contribution in [0.3, 0.4) is 0 Å². The van der Waals surface area contributed by atoms with Gasteiger partial charge in [-0.1, -0.05) is 177 Å². The Morgan fingerprint density at radius 1 is 0.538 bits per heavy atom. The van der Waals surface area contributed by atoms with Gasteiger partial charge in [-0.25, -0.2) is 0 Å². The van der Waals surface area contributed by atoms with E-state index < -0.39 is 11.0 Å². The highest BCUT2D eigenvalue weighted by Gasteiger charge is 2.63. The summed E-state index contributed by atoms with van der Waals surface area (Å²) in [7, 11) is 2.32. The maximum atomic E-state index is 2.71. The number of allylic oxidation sites excluding steroid dienone is 5. The van der Waals surface area contributed by atoms with E-state index in [1.54, 1.807) is 0 Å². The molecule has 248 valence electrons. The third-order valence-corrected chi connectivity index (χ3v) is 12.8. The van der Waals surface area contributed by atoms with Gasteiger partial charge < -0.3 is 4.90 Å². The van der Waals surface area contributed by atoms with Crippen LogP contribution >= 0.6 is 0 Å². The summed E-state index contributed by atoms with van der Waals surface area (Å²) in [5.74, 6) is 0.248. The Morgan fingerprint density at radius 3 is 1.77 bits per heavy atom. The average molecular weight is 666 g/mol. The van der Waals surface area contributed by atoms with Crippen LogP contribution < -0.4 is 4.90 Å². The second-order valence-electron chi connectivity index (χ2n) is 15.1. The molecule has 6 aromatic carbocycles. The average Bonchev–Trinajstić information content (AvgIpc) is 3.47. The molecule has 6 aromatic rings. The van der Waals surface area contributed by atoms with E-state index in [0.717, 1.165) is 0 Å². The number of anilines is 2. The Morgan fingerprint density at radius 2 is 1.10 bits per heavy atom. The lowest BCUT2D eigenvalue weighted by Gasteiger charge is -2.63. The highest BCUT2D eigenvalue weighted by molar-refractivity contribution is 6.23. The fourth-order valence-electron chi connectivity index (χ4n) is 10.4. The molecule has 10 rings (SSSR count). The standard InChI is InChI=1S/C50H40BN/c1-34-46(51)31-30-43-41-23-13-15-25-47(41)52(39-28-26-36(27-29-39)35-16-6-3-7-17-35)48(2)33-45-42(32-49(34,43)48)40-22-12-14-24-44(40)50(45,37-18-8-4-9-19-37)38-20-10-5-11-21-38/h3-34H,51H2,1-2H3. The summed E-state index contributed by atoms with van der Waals surface area (Å²) in [5.41, 5.74) is 15.7. The van der Waals surface area contributed by atoms with E-state index in [0.29, 0.717) is 0 Å².